The highest BCUT2D eigenvalue weighted by Crippen LogP contribution is 2.15. The van der Waals surface area contributed by atoms with Gasteiger partial charge in [0.1, 0.15) is 0 Å². The molecule has 0 amide bonds. The zero-order chi connectivity index (χ0) is 13.2. The molecule has 0 bridgehead atoms. The zero-order valence-electron chi connectivity index (χ0n) is 10.4. The number of sulfonamides is 1. The van der Waals surface area contributed by atoms with Gasteiger partial charge in [-0.2, -0.15) is 0 Å². The largest absolute Gasteiger partial charge is 0.390 e. The van der Waals surface area contributed by atoms with E-state index in [1.54, 1.807) is 0 Å². The Labute approximate surface area is 107 Å². The number of nitrogens with zero attached hydrogens (tertiary/aromatic N) is 1. The van der Waals surface area contributed by atoms with E-state index >= 15 is 0 Å². The van der Waals surface area contributed by atoms with Crippen molar-refractivity contribution >= 4 is 10.0 Å². The summed E-state index contributed by atoms with van der Waals surface area (Å²) in [7, 11) is -1.45. The maximum absolute atomic E-state index is 12.1. The normalized spacial score (nSPS) is 19.2. The Morgan fingerprint density at radius 2 is 2.17 bits per heavy atom. The molecule has 1 aliphatic heterocycles. The Kier molecular flexibility index (Phi) is 4.06. The molecule has 0 unspecified atom stereocenters. The van der Waals surface area contributed by atoms with Crippen LogP contribution in [0.2, 0.25) is 0 Å². The van der Waals surface area contributed by atoms with Gasteiger partial charge in [0, 0.05) is 17.9 Å². The van der Waals surface area contributed by atoms with Crippen molar-refractivity contribution in [2.75, 3.05) is 20.1 Å². The van der Waals surface area contributed by atoms with E-state index in [0.29, 0.717) is 5.69 Å². The lowest BCUT2D eigenvalue weighted by atomic mass is 10.1. The van der Waals surface area contributed by atoms with Gasteiger partial charge < -0.3 is 15.0 Å². The Bertz CT molecular complexity index is 489. The number of piperidine rings is 1. The van der Waals surface area contributed by atoms with E-state index in [9.17, 15) is 8.42 Å². The highest BCUT2D eigenvalue weighted by molar-refractivity contribution is 7.89. The summed E-state index contributed by atoms with van der Waals surface area (Å²) in [4.78, 5) is 5.10. The molecule has 18 heavy (non-hydrogen) atoms. The fourth-order valence-corrected chi connectivity index (χ4v) is 3.40. The lowest BCUT2D eigenvalue weighted by molar-refractivity contribution is 0.248. The van der Waals surface area contributed by atoms with Crippen LogP contribution in [0.4, 0.5) is 0 Å². The van der Waals surface area contributed by atoms with Crippen molar-refractivity contribution in [2.45, 2.75) is 30.4 Å². The van der Waals surface area contributed by atoms with Crippen molar-refractivity contribution in [1.29, 1.82) is 0 Å². The van der Waals surface area contributed by atoms with Crippen LogP contribution in [0.5, 0.6) is 0 Å². The number of rotatable bonds is 4. The first kappa shape index (κ1) is 13.5. The molecule has 0 radical (unpaired) electrons. The SMILES string of the molecule is CN1CCC(NS(=O)(=O)c2c[nH]c(CO)c2)CC1. The molecular formula is C11H19N3O3S. The Morgan fingerprint density at radius 1 is 1.50 bits per heavy atom. The fourth-order valence-electron chi connectivity index (χ4n) is 2.08. The third-order valence-electron chi connectivity index (χ3n) is 3.24. The lowest BCUT2D eigenvalue weighted by Gasteiger charge is -2.29. The average molecular weight is 273 g/mol. The molecule has 0 saturated carbocycles. The first-order valence-corrected chi connectivity index (χ1v) is 7.48. The van der Waals surface area contributed by atoms with Gasteiger partial charge >= 0.3 is 0 Å². The van der Waals surface area contributed by atoms with Gasteiger partial charge in [0.05, 0.1) is 11.5 Å². The number of aromatic nitrogens is 1. The van der Waals surface area contributed by atoms with E-state index in [1.807, 2.05) is 7.05 Å². The Morgan fingerprint density at radius 3 is 2.72 bits per heavy atom. The average Bonchev–Trinajstić information content (AvgIpc) is 2.81. The van der Waals surface area contributed by atoms with Gasteiger partial charge in [-0.3, -0.25) is 0 Å². The van der Waals surface area contributed by atoms with Gasteiger partial charge in [-0.1, -0.05) is 0 Å². The van der Waals surface area contributed by atoms with Crippen LogP contribution in [-0.4, -0.2) is 49.6 Å². The molecule has 7 heteroatoms. The maximum atomic E-state index is 12.1. The van der Waals surface area contributed by atoms with Crippen molar-refractivity contribution in [3.63, 3.8) is 0 Å². The molecule has 0 atom stereocenters. The van der Waals surface area contributed by atoms with E-state index in [4.69, 9.17) is 5.11 Å². The van der Waals surface area contributed by atoms with E-state index in [0.717, 1.165) is 25.9 Å². The van der Waals surface area contributed by atoms with E-state index in [2.05, 4.69) is 14.6 Å². The minimum absolute atomic E-state index is 0.00123. The van der Waals surface area contributed by atoms with Crippen LogP contribution < -0.4 is 4.72 Å². The smallest absolute Gasteiger partial charge is 0.242 e. The Hall–Kier alpha value is -0.890. The van der Waals surface area contributed by atoms with Gasteiger partial charge in [-0.25, -0.2) is 13.1 Å². The van der Waals surface area contributed by atoms with Crippen LogP contribution in [-0.2, 0) is 16.6 Å². The standard InChI is InChI=1S/C11H19N3O3S/c1-14-4-2-9(3-5-14)13-18(16,17)11-6-10(8-15)12-7-11/h6-7,9,12-13,15H,2-5,8H2,1H3. The second-order valence-electron chi connectivity index (χ2n) is 4.72. The summed E-state index contributed by atoms with van der Waals surface area (Å²) in [6.45, 7) is 1.62. The van der Waals surface area contributed by atoms with Gasteiger partial charge in [-0.05, 0) is 39.0 Å². The monoisotopic (exact) mass is 273 g/mol. The van der Waals surface area contributed by atoms with Crippen LogP contribution in [0.3, 0.4) is 0 Å². The zero-order valence-corrected chi connectivity index (χ0v) is 11.2. The number of aromatic amines is 1. The highest BCUT2D eigenvalue weighted by atomic mass is 32.2. The molecule has 0 aliphatic carbocycles. The predicted octanol–water partition coefficient (Wildman–Crippen LogP) is -0.120. The van der Waals surface area contributed by atoms with Crippen LogP contribution in [0, 0.1) is 0 Å². The third-order valence-corrected chi connectivity index (χ3v) is 4.74. The third kappa shape index (κ3) is 3.11. The number of hydrogen-bond acceptors (Lipinski definition) is 4. The fraction of sp³-hybridized carbons (Fsp3) is 0.636. The van der Waals surface area contributed by atoms with Crippen molar-refractivity contribution in [3.05, 3.63) is 18.0 Å². The van der Waals surface area contributed by atoms with Crippen molar-refractivity contribution in [3.8, 4) is 0 Å². The van der Waals surface area contributed by atoms with Crippen molar-refractivity contribution in [2.24, 2.45) is 0 Å². The number of aliphatic hydroxyl groups is 1. The lowest BCUT2D eigenvalue weighted by Crippen LogP contribution is -2.43. The molecule has 0 spiro atoms. The molecule has 1 aromatic heterocycles. The molecule has 102 valence electrons. The van der Waals surface area contributed by atoms with Gasteiger partial charge in [0.25, 0.3) is 0 Å². The topological polar surface area (TPSA) is 85.4 Å². The molecule has 0 aromatic carbocycles. The van der Waals surface area contributed by atoms with Gasteiger partial charge in [0.15, 0.2) is 0 Å². The van der Waals surface area contributed by atoms with Crippen LogP contribution in [0.1, 0.15) is 18.5 Å². The van der Waals surface area contributed by atoms with E-state index < -0.39 is 10.0 Å². The number of nitrogens with one attached hydrogen (secondary N) is 2. The summed E-state index contributed by atoms with van der Waals surface area (Å²) < 4.78 is 26.9. The first-order valence-electron chi connectivity index (χ1n) is 6.00. The first-order chi connectivity index (χ1) is 8.51. The summed E-state index contributed by atoms with van der Waals surface area (Å²) in [6, 6.07) is 1.45. The number of aliphatic hydroxyl groups excluding tert-OH is 1. The molecule has 1 aliphatic rings. The number of likely N-dealkylation sites (tertiary alicyclic amines) is 1. The number of H-pyrrole nitrogens is 1. The summed E-state index contributed by atoms with van der Waals surface area (Å²) in [6.07, 6.45) is 3.06. The summed E-state index contributed by atoms with van der Waals surface area (Å²) in [5, 5.41) is 8.92. The molecule has 6 nitrogen and oxygen atoms in total. The van der Waals surface area contributed by atoms with Crippen molar-refractivity contribution in [1.82, 2.24) is 14.6 Å². The van der Waals surface area contributed by atoms with Crippen LogP contribution in [0.25, 0.3) is 0 Å². The molecule has 1 saturated heterocycles. The minimum Gasteiger partial charge on any atom is -0.390 e. The summed E-state index contributed by atoms with van der Waals surface area (Å²) in [5.41, 5.74) is 0.499. The number of hydrogen-bond donors (Lipinski definition) is 3. The maximum Gasteiger partial charge on any atom is 0.242 e. The second kappa shape index (κ2) is 5.40. The molecule has 1 fully saturated rings. The van der Waals surface area contributed by atoms with Crippen LogP contribution >= 0.6 is 0 Å². The molecule has 1 aromatic rings. The molecule has 3 N–H and O–H groups in total. The highest BCUT2D eigenvalue weighted by Gasteiger charge is 2.23. The molecule has 2 rings (SSSR count). The summed E-state index contributed by atoms with van der Waals surface area (Å²) in [5.74, 6) is 0. The molecule has 2 heterocycles. The summed E-state index contributed by atoms with van der Waals surface area (Å²) >= 11 is 0. The van der Waals surface area contributed by atoms with E-state index in [1.165, 1.54) is 12.3 Å². The molecular weight excluding hydrogens is 254 g/mol. The predicted molar refractivity (Wildman–Crippen MR) is 67.6 cm³/mol. The quantitative estimate of drug-likeness (QED) is 0.714. The van der Waals surface area contributed by atoms with E-state index in [-0.39, 0.29) is 17.5 Å². The van der Waals surface area contributed by atoms with Gasteiger partial charge in [0.2, 0.25) is 10.0 Å². The second-order valence-corrected chi connectivity index (χ2v) is 6.43. The van der Waals surface area contributed by atoms with Crippen molar-refractivity contribution < 1.29 is 13.5 Å². The minimum atomic E-state index is -3.48. The Balaban J connectivity index is 2.03. The van der Waals surface area contributed by atoms with Gasteiger partial charge in [-0.15, -0.1) is 0 Å². The van der Waals surface area contributed by atoms with Crippen LogP contribution in [0.15, 0.2) is 17.2 Å².